The van der Waals surface area contributed by atoms with E-state index in [2.05, 4.69) is 34.9 Å². The number of hydrogen-bond donors (Lipinski definition) is 1. The SMILES string of the molecule is CC(O)Cc1cc2ccccc2n1C1CCC1. The summed E-state index contributed by atoms with van der Waals surface area (Å²) in [6.07, 6.45) is 4.39. The van der Waals surface area contributed by atoms with Crippen molar-refractivity contribution >= 4 is 10.9 Å². The van der Waals surface area contributed by atoms with E-state index in [0.717, 1.165) is 6.42 Å². The Hall–Kier alpha value is -1.28. The summed E-state index contributed by atoms with van der Waals surface area (Å²) >= 11 is 0. The van der Waals surface area contributed by atoms with Gasteiger partial charge in [-0.3, -0.25) is 0 Å². The number of fused-ring (bicyclic) bond motifs is 1. The zero-order chi connectivity index (χ0) is 11.8. The van der Waals surface area contributed by atoms with Gasteiger partial charge in [0.2, 0.25) is 0 Å². The molecule has 0 saturated heterocycles. The highest BCUT2D eigenvalue weighted by Gasteiger charge is 2.23. The van der Waals surface area contributed by atoms with Gasteiger partial charge < -0.3 is 9.67 Å². The first-order valence-corrected chi connectivity index (χ1v) is 6.52. The maximum Gasteiger partial charge on any atom is 0.0566 e. The van der Waals surface area contributed by atoms with Crippen LogP contribution in [0, 0.1) is 0 Å². The van der Waals surface area contributed by atoms with Gasteiger partial charge in [-0.1, -0.05) is 18.2 Å². The van der Waals surface area contributed by atoms with Gasteiger partial charge in [0.25, 0.3) is 0 Å². The molecule has 1 atom stereocenters. The van der Waals surface area contributed by atoms with Crippen molar-refractivity contribution in [3.05, 3.63) is 36.0 Å². The van der Waals surface area contributed by atoms with Crippen LogP contribution in [-0.2, 0) is 6.42 Å². The fourth-order valence-corrected chi connectivity index (χ4v) is 2.77. The molecule has 1 aromatic heterocycles. The molecule has 1 fully saturated rings. The molecule has 0 amide bonds. The van der Waals surface area contributed by atoms with Crippen molar-refractivity contribution in [1.82, 2.24) is 4.57 Å². The molecule has 1 heterocycles. The van der Waals surface area contributed by atoms with Crippen LogP contribution in [0.25, 0.3) is 10.9 Å². The summed E-state index contributed by atoms with van der Waals surface area (Å²) in [6.45, 7) is 1.86. The predicted octanol–water partition coefficient (Wildman–Crippen LogP) is 3.29. The molecule has 2 nitrogen and oxygen atoms in total. The summed E-state index contributed by atoms with van der Waals surface area (Å²) in [5.74, 6) is 0. The highest BCUT2D eigenvalue weighted by atomic mass is 16.3. The summed E-state index contributed by atoms with van der Waals surface area (Å²) in [5.41, 5.74) is 2.61. The minimum Gasteiger partial charge on any atom is -0.393 e. The first kappa shape index (κ1) is 10.8. The summed E-state index contributed by atoms with van der Waals surface area (Å²) in [6, 6.07) is 11.4. The van der Waals surface area contributed by atoms with Crippen molar-refractivity contribution in [1.29, 1.82) is 0 Å². The van der Waals surface area contributed by atoms with E-state index < -0.39 is 0 Å². The van der Waals surface area contributed by atoms with Crippen molar-refractivity contribution in [2.45, 2.75) is 44.8 Å². The second-order valence-electron chi connectivity index (χ2n) is 5.20. The fraction of sp³-hybridized carbons (Fsp3) is 0.467. The molecular weight excluding hydrogens is 210 g/mol. The number of para-hydroxylation sites is 1. The number of aliphatic hydroxyl groups is 1. The zero-order valence-corrected chi connectivity index (χ0v) is 10.3. The molecule has 3 rings (SSSR count). The molecule has 1 unspecified atom stereocenters. The third-order valence-electron chi connectivity index (χ3n) is 3.77. The minimum atomic E-state index is -0.266. The van der Waals surface area contributed by atoms with E-state index in [0.29, 0.717) is 6.04 Å². The minimum absolute atomic E-state index is 0.266. The van der Waals surface area contributed by atoms with E-state index >= 15 is 0 Å². The first-order chi connectivity index (χ1) is 8.25. The third-order valence-corrected chi connectivity index (χ3v) is 3.77. The van der Waals surface area contributed by atoms with E-state index in [-0.39, 0.29) is 6.10 Å². The van der Waals surface area contributed by atoms with Crippen molar-refractivity contribution < 1.29 is 5.11 Å². The Balaban J connectivity index is 2.11. The second kappa shape index (κ2) is 4.19. The molecular formula is C15H19NO. The van der Waals surface area contributed by atoms with Crippen LogP contribution < -0.4 is 0 Å². The summed E-state index contributed by atoms with van der Waals surface area (Å²) in [7, 11) is 0. The molecule has 17 heavy (non-hydrogen) atoms. The predicted molar refractivity (Wildman–Crippen MR) is 70.2 cm³/mol. The van der Waals surface area contributed by atoms with Crippen LogP contribution in [-0.4, -0.2) is 15.8 Å². The third kappa shape index (κ3) is 1.87. The topological polar surface area (TPSA) is 25.2 Å². The Morgan fingerprint density at radius 3 is 2.76 bits per heavy atom. The average Bonchev–Trinajstić information content (AvgIpc) is 2.54. The van der Waals surface area contributed by atoms with E-state index in [9.17, 15) is 5.11 Å². The normalized spacial score (nSPS) is 18.2. The molecule has 1 aromatic carbocycles. The number of aromatic nitrogens is 1. The molecule has 0 radical (unpaired) electrons. The molecule has 1 N–H and O–H groups in total. The highest BCUT2D eigenvalue weighted by Crippen LogP contribution is 2.36. The van der Waals surface area contributed by atoms with Crippen LogP contribution in [0.3, 0.4) is 0 Å². The van der Waals surface area contributed by atoms with Gasteiger partial charge in [-0.2, -0.15) is 0 Å². The van der Waals surface area contributed by atoms with Crippen molar-refractivity contribution in [2.75, 3.05) is 0 Å². The number of nitrogens with zero attached hydrogens (tertiary/aromatic N) is 1. The number of hydrogen-bond acceptors (Lipinski definition) is 1. The van der Waals surface area contributed by atoms with Gasteiger partial charge >= 0.3 is 0 Å². The van der Waals surface area contributed by atoms with Gasteiger partial charge in [-0.05, 0) is 43.7 Å². The van der Waals surface area contributed by atoms with Gasteiger partial charge in [-0.25, -0.2) is 0 Å². The van der Waals surface area contributed by atoms with Gasteiger partial charge in [0, 0.05) is 23.7 Å². The van der Waals surface area contributed by atoms with Crippen LogP contribution in [0.1, 0.15) is 37.9 Å². The quantitative estimate of drug-likeness (QED) is 0.858. The Morgan fingerprint density at radius 2 is 2.12 bits per heavy atom. The average molecular weight is 229 g/mol. The van der Waals surface area contributed by atoms with Crippen molar-refractivity contribution in [2.24, 2.45) is 0 Å². The van der Waals surface area contributed by atoms with Crippen molar-refractivity contribution in [3.63, 3.8) is 0 Å². The molecule has 90 valence electrons. The molecule has 1 saturated carbocycles. The van der Waals surface area contributed by atoms with Crippen LogP contribution in [0.2, 0.25) is 0 Å². The standard InChI is InChI=1S/C15H19NO/c1-11(17)9-14-10-12-5-2-3-8-15(12)16(14)13-6-4-7-13/h2-3,5,8,10-11,13,17H,4,6-7,9H2,1H3. The van der Waals surface area contributed by atoms with E-state index in [4.69, 9.17) is 0 Å². The lowest BCUT2D eigenvalue weighted by molar-refractivity contribution is 0.190. The van der Waals surface area contributed by atoms with Crippen LogP contribution in [0.4, 0.5) is 0 Å². The van der Waals surface area contributed by atoms with Gasteiger partial charge in [-0.15, -0.1) is 0 Å². The summed E-state index contributed by atoms with van der Waals surface area (Å²) < 4.78 is 2.45. The van der Waals surface area contributed by atoms with Gasteiger partial charge in [0.05, 0.1) is 6.10 Å². The monoisotopic (exact) mass is 229 g/mol. The highest BCUT2D eigenvalue weighted by molar-refractivity contribution is 5.81. The smallest absolute Gasteiger partial charge is 0.0566 e. The Morgan fingerprint density at radius 1 is 1.35 bits per heavy atom. The fourth-order valence-electron chi connectivity index (χ4n) is 2.77. The van der Waals surface area contributed by atoms with Crippen LogP contribution >= 0.6 is 0 Å². The molecule has 2 aromatic rings. The van der Waals surface area contributed by atoms with E-state index in [1.807, 2.05) is 6.92 Å². The lowest BCUT2D eigenvalue weighted by Gasteiger charge is -2.30. The summed E-state index contributed by atoms with van der Waals surface area (Å²) in [5, 5.41) is 10.9. The molecule has 1 aliphatic carbocycles. The van der Waals surface area contributed by atoms with Gasteiger partial charge in [0.15, 0.2) is 0 Å². The van der Waals surface area contributed by atoms with Crippen molar-refractivity contribution in [3.8, 4) is 0 Å². The lowest BCUT2D eigenvalue weighted by Crippen LogP contribution is -2.20. The largest absolute Gasteiger partial charge is 0.393 e. The Bertz CT molecular complexity index is 523. The summed E-state index contributed by atoms with van der Waals surface area (Å²) in [4.78, 5) is 0. The maximum atomic E-state index is 9.61. The maximum absolute atomic E-state index is 9.61. The second-order valence-corrected chi connectivity index (χ2v) is 5.20. The Kier molecular flexibility index (Phi) is 2.67. The molecule has 0 bridgehead atoms. The molecule has 2 heteroatoms. The molecule has 1 aliphatic rings. The molecule has 0 aliphatic heterocycles. The first-order valence-electron chi connectivity index (χ1n) is 6.52. The zero-order valence-electron chi connectivity index (χ0n) is 10.3. The Labute approximate surface area is 102 Å². The number of benzene rings is 1. The van der Waals surface area contributed by atoms with Crippen LogP contribution in [0.15, 0.2) is 30.3 Å². The number of rotatable bonds is 3. The number of aliphatic hydroxyl groups excluding tert-OH is 1. The van der Waals surface area contributed by atoms with E-state index in [1.165, 1.54) is 35.9 Å². The lowest BCUT2D eigenvalue weighted by atomic mass is 9.92. The van der Waals surface area contributed by atoms with Gasteiger partial charge in [0.1, 0.15) is 0 Å². The molecule has 0 spiro atoms. The van der Waals surface area contributed by atoms with Crippen LogP contribution in [0.5, 0.6) is 0 Å². The van der Waals surface area contributed by atoms with E-state index in [1.54, 1.807) is 0 Å².